The second-order valence-electron chi connectivity index (χ2n) is 5.43. The highest BCUT2D eigenvalue weighted by Gasteiger charge is 2.15. The zero-order chi connectivity index (χ0) is 17.1. The lowest BCUT2D eigenvalue weighted by Crippen LogP contribution is -2.04. The number of nitrogen functional groups attached to an aromatic ring is 1. The average Bonchev–Trinajstić information content (AvgIpc) is 2.94. The number of rotatable bonds is 5. The van der Waals surface area contributed by atoms with Gasteiger partial charge in [-0.2, -0.15) is 5.10 Å². The van der Waals surface area contributed by atoms with Crippen molar-refractivity contribution in [2.45, 2.75) is 6.54 Å². The molecule has 0 spiro atoms. The molecule has 0 saturated carbocycles. The molecule has 0 atom stereocenters. The molecule has 0 bridgehead atoms. The number of hydrogen-bond donors (Lipinski definition) is 2. The van der Waals surface area contributed by atoms with Crippen molar-refractivity contribution in [2.24, 2.45) is 7.05 Å². The number of benzene rings is 2. The van der Waals surface area contributed by atoms with Crippen LogP contribution in [-0.4, -0.2) is 14.7 Å². The highest BCUT2D eigenvalue weighted by Crippen LogP contribution is 2.28. The summed E-state index contributed by atoms with van der Waals surface area (Å²) in [7, 11) is 1.85. The molecule has 3 N–H and O–H groups in total. The normalized spacial score (nSPS) is 10.5. The number of hydrogen-bond acceptors (Lipinski definition) is 5. The standard InChI is InChI=1S/C17H17N5O2/c1-21-11-13(17(20-21)12-5-3-2-4-6-12)10-19-15-9-14(18)7-8-16(15)22(23)24/h2-9,11,19H,10,18H2,1H3. The molecule has 0 saturated heterocycles. The van der Waals surface area contributed by atoms with Crippen LogP contribution in [0.1, 0.15) is 5.56 Å². The summed E-state index contributed by atoms with van der Waals surface area (Å²) >= 11 is 0. The van der Waals surface area contributed by atoms with Gasteiger partial charge in [0.15, 0.2) is 0 Å². The van der Waals surface area contributed by atoms with E-state index in [0.29, 0.717) is 17.9 Å². The van der Waals surface area contributed by atoms with Crippen LogP contribution in [0.15, 0.2) is 54.7 Å². The lowest BCUT2D eigenvalue weighted by Gasteiger charge is -2.08. The third-order valence-electron chi connectivity index (χ3n) is 3.64. The Balaban J connectivity index is 1.89. The minimum absolute atomic E-state index is 0.00523. The molecule has 0 unspecified atom stereocenters. The predicted octanol–water partition coefficient (Wildman–Crippen LogP) is 3.19. The van der Waals surface area contributed by atoms with Gasteiger partial charge in [0.05, 0.1) is 10.6 Å². The van der Waals surface area contributed by atoms with E-state index in [9.17, 15) is 10.1 Å². The monoisotopic (exact) mass is 323 g/mol. The molecule has 122 valence electrons. The number of nitrogens with one attached hydrogen (secondary N) is 1. The molecule has 0 aliphatic heterocycles. The van der Waals surface area contributed by atoms with Gasteiger partial charge < -0.3 is 11.1 Å². The number of nitro benzene ring substituents is 1. The topological polar surface area (TPSA) is 99.0 Å². The van der Waals surface area contributed by atoms with Gasteiger partial charge in [0.25, 0.3) is 5.69 Å². The molecule has 7 heteroatoms. The van der Waals surface area contributed by atoms with Crippen molar-refractivity contribution in [1.82, 2.24) is 9.78 Å². The maximum Gasteiger partial charge on any atom is 0.292 e. The summed E-state index contributed by atoms with van der Waals surface area (Å²) in [6.07, 6.45) is 1.90. The zero-order valence-electron chi connectivity index (χ0n) is 13.1. The average molecular weight is 323 g/mol. The fraction of sp³-hybridized carbons (Fsp3) is 0.118. The van der Waals surface area contributed by atoms with Gasteiger partial charge in [-0.1, -0.05) is 30.3 Å². The zero-order valence-corrected chi connectivity index (χ0v) is 13.1. The Kier molecular flexibility index (Phi) is 4.15. The number of nitrogens with two attached hydrogens (primary N) is 1. The Morgan fingerprint density at radius 1 is 1.25 bits per heavy atom. The molecule has 1 heterocycles. The predicted molar refractivity (Wildman–Crippen MR) is 93.5 cm³/mol. The highest BCUT2D eigenvalue weighted by atomic mass is 16.6. The van der Waals surface area contributed by atoms with Gasteiger partial charge in [-0.3, -0.25) is 14.8 Å². The molecule has 0 aliphatic carbocycles. The Labute approximate surface area is 138 Å². The Morgan fingerprint density at radius 2 is 2.00 bits per heavy atom. The maximum atomic E-state index is 11.1. The summed E-state index contributed by atoms with van der Waals surface area (Å²) in [4.78, 5) is 10.7. The maximum absolute atomic E-state index is 11.1. The fourth-order valence-corrected chi connectivity index (χ4v) is 2.55. The largest absolute Gasteiger partial charge is 0.399 e. The minimum atomic E-state index is -0.427. The van der Waals surface area contributed by atoms with Crippen LogP contribution in [0, 0.1) is 10.1 Å². The van der Waals surface area contributed by atoms with Crippen molar-refractivity contribution in [2.75, 3.05) is 11.1 Å². The van der Waals surface area contributed by atoms with Crippen LogP contribution in [-0.2, 0) is 13.6 Å². The van der Waals surface area contributed by atoms with Crippen molar-refractivity contribution >= 4 is 17.1 Å². The molecule has 3 rings (SSSR count). The first-order valence-corrected chi connectivity index (χ1v) is 7.40. The van der Waals surface area contributed by atoms with Crippen LogP contribution in [0.3, 0.4) is 0 Å². The van der Waals surface area contributed by atoms with Crippen molar-refractivity contribution in [1.29, 1.82) is 0 Å². The van der Waals surface area contributed by atoms with Crippen LogP contribution in [0.5, 0.6) is 0 Å². The van der Waals surface area contributed by atoms with Gasteiger partial charge in [-0.25, -0.2) is 0 Å². The Morgan fingerprint density at radius 3 is 2.71 bits per heavy atom. The Hall–Kier alpha value is -3.35. The summed E-state index contributed by atoms with van der Waals surface area (Å²) in [6, 6.07) is 14.3. The molecular formula is C17H17N5O2. The van der Waals surface area contributed by atoms with Crippen LogP contribution < -0.4 is 11.1 Å². The molecule has 2 aromatic carbocycles. The van der Waals surface area contributed by atoms with Crippen molar-refractivity contribution < 1.29 is 4.92 Å². The third-order valence-corrected chi connectivity index (χ3v) is 3.64. The molecule has 0 fully saturated rings. The summed E-state index contributed by atoms with van der Waals surface area (Å²) in [5.41, 5.74) is 9.39. The van der Waals surface area contributed by atoms with E-state index in [1.807, 2.05) is 43.6 Å². The van der Waals surface area contributed by atoms with E-state index >= 15 is 0 Å². The molecule has 0 amide bonds. The number of anilines is 2. The molecule has 0 radical (unpaired) electrons. The highest BCUT2D eigenvalue weighted by molar-refractivity contribution is 5.68. The van der Waals surface area contributed by atoms with Crippen molar-refractivity contribution in [3.05, 3.63) is 70.4 Å². The first-order chi connectivity index (χ1) is 11.5. The Bertz CT molecular complexity index is 874. The first kappa shape index (κ1) is 15.5. The van der Waals surface area contributed by atoms with E-state index in [1.165, 1.54) is 12.1 Å². The second-order valence-corrected chi connectivity index (χ2v) is 5.43. The van der Waals surface area contributed by atoms with Crippen molar-refractivity contribution in [3.63, 3.8) is 0 Å². The van der Waals surface area contributed by atoms with E-state index in [2.05, 4.69) is 10.4 Å². The molecular weight excluding hydrogens is 306 g/mol. The number of aryl methyl sites for hydroxylation is 1. The summed E-state index contributed by atoms with van der Waals surface area (Å²) in [5.74, 6) is 0. The van der Waals surface area contributed by atoms with Gasteiger partial charge in [0.1, 0.15) is 5.69 Å². The van der Waals surface area contributed by atoms with Gasteiger partial charge in [0.2, 0.25) is 0 Å². The minimum Gasteiger partial charge on any atom is -0.399 e. The van der Waals surface area contributed by atoms with Crippen LogP contribution in [0.4, 0.5) is 17.1 Å². The van der Waals surface area contributed by atoms with Gasteiger partial charge in [0, 0.05) is 42.7 Å². The third kappa shape index (κ3) is 3.19. The van der Waals surface area contributed by atoms with E-state index in [1.54, 1.807) is 10.7 Å². The lowest BCUT2D eigenvalue weighted by molar-refractivity contribution is -0.383. The summed E-state index contributed by atoms with van der Waals surface area (Å²) < 4.78 is 1.73. The molecule has 24 heavy (non-hydrogen) atoms. The number of nitrogens with zero attached hydrogens (tertiary/aromatic N) is 3. The fourth-order valence-electron chi connectivity index (χ4n) is 2.55. The number of nitro groups is 1. The molecule has 0 aliphatic rings. The quantitative estimate of drug-likeness (QED) is 0.427. The molecule has 7 nitrogen and oxygen atoms in total. The second kappa shape index (κ2) is 6.41. The number of aromatic nitrogens is 2. The van der Waals surface area contributed by atoms with Gasteiger partial charge in [-0.15, -0.1) is 0 Å². The SMILES string of the molecule is Cn1cc(CNc2cc(N)ccc2[N+](=O)[O-])c(-c2ccccc2)n1. The van der Waals surface area contributed by atoms with Crippen LogP contribution >= 0.6 is 0 Å². The van der Waals surface area contributed by atoms with E-state index in [4.69, 9.17) is 5.73 Å². The van der Waals surface area contributed by atoms with Gasteiger partial charge >= 0.3 is 0 Å². The van der Waals surface area contributed by atoms with E-state index in [0.717, 1.165) is 16.8 Å². The molecule has 1 aromatic heterocycles. The summed E-state index contributed by atoms with van der Waals surface area (Å²) in [6.45, 7) is 0.405. The summed E-state index contributed by atoms with van der Waals surface area (Å²) in [5, 5.41) is 18.7. The van der Waals surface area contributed by atoms with Gasteiger partial charge in [-0.05, 0) is 12.1 Å². The smallest absolute Gasteiger partial charge is 0.292 e. The molecule has 3 aromatic rings. The van der Waals surface area contributed by atoms with Crippen LogP contribution in [0.25, 0.3) is 11.3 Å². The van der Waals surface area contributed by atoms with E-state index < -0.39 is 4.92 Å². The van der Waals surface area contributed by atoms with Crippen LogP contribution in [0.2, 0.25) is 0 Å². The van der Waals surface area contributed by atoms with E-state index in [-0.39, 0.29) is 5.69 Å². The first-order valence-electron chi connectivity index (χ1n) is 7.40. The lowest BCUT2D eigenvalue weighted by atomic mass is 10.1. The van der Waals surface area contributed by atoms with Crippen molar-refractivity contribution in [3.8, 4) is 11.3 Å².